The van der Waals surface area contributed by atoms with Crippen LogP contribution >= 0.6 is 0 Å². The van der Waals surface area contributed by atoms with Gasteiger partial charge in [-0.3, -0.25) is 4.99 Å². The highest BCUT2D eigenvalue weighted by Crippen LogP contribution is 2.15. The first kappa shape index (κ1) is 18.2. The second-order valence-electron chi connectivity index (χ2n) is 7.43. The van der Waals surface area contributed by atoms with Crippen LogP contribution in [0.4, 0.5) is 0 Å². The SMILES string of the molecule is CCCC(O)CC1CNCCN(C(N)=NCC(C)(C)C)C1. The molecule has 2 unspecified atom stereocenters. The lowest BCUT2D eigenvalue weighted by atomic mass is 9.97. The quantitative estimate of drug-likeness (QED) is 0.530. The summed E-state index contributed by atoms with van der Waals surface area (Å²) in [7, 11) is 0. The number of hydrogen-bond donors (Lipinski definition) is 3. The fraction of sp³-hybridized carbons (Fsp3) is 0.938. The third-order valence-electron chi connectivity index (χ3n) is 3.74. The number of nitrogens with one attached hydrogen (secondary N) is 1. The maximum atomic E-state index is 10.0. The van der Waals surface area contributed by atoms with E-state index in [1.807, 2.05) is 0 Å². The average molecular weight is 298 g/mol. The molecular weight excluding hydrogens is 264 g/mol. The lowest BCUT2D eigenvalue weighted by Gasteiger charge is -2.27. The van der Waals surface area contributed by atoms with Gasteiger partial charge in [0.15, 0.2) is 5.96 Å². The molecule has 0 aromatic heterocycles. The zero-order valence-electron chi connectivity index (χ0n) is 14.2. The average Bonchev–Trinajstić information content (AvgIpc) is 2.61. The zero-order chi connectivity index (χ0) is 15.9. The Hall–Kier alpha value is -0.810. The van der Waals surface area contributed by atoms with Gasteiger partial charge >= 0.3 is 0 Å². The van der Waals surface area contributed by atoms with E-state index < -0.39 is 0 Å². The molecule has 1 aliphatic heterocycles. The van der Waals surface area contributed by atoms with Gasteiger partial charge in [0.2, 0.25) is 0 Å². The van der Waals surface area contributed by atoms with Crippen molar-refractivity contribution in [2.45, 2.75) is 53.1 Å². The molecule has 0 radical (unpaired) electrons. The standard InChI is InChI=1S/C16H34N4O/c1-5-6-14(21)9-13-10-18-7-8-20(11-13)15(17)19-12-16(2,3)4/h13-14,18,21H,5-12H2,1-4H3,(H2,17,19). The van der Waals surface area contributed by atoms with E-state index in [1.54, 1.807) is 0 Å². The first-order valence-electron chi connectivity index (χ1n) is 8.25. The molecule has 0 saturated carbocycles. The van der Waals surface area contributed by atoms with E-state index in [9.17, 15) is 5.11 Å². The number of rotatable bonds is 5. The third kappa shape index (κ3) is 7.67. The topological polar surface area (TPSA) is 73.9 Å². The van der Waals surface area contributed by atoms with Crippen LogP contribution in [0.3, 0.4) is 0 Å². The fourth-order valence-electron chi connectivity index (χ4n) is 2.61. The number of aliphatic hydroxyl groups is 1. The molecule has 1 heterocycles. The molecule has 0 aromatic carbocycles. The number of nitrogens with two attached hydrogens (primary N) is 1. The number of hydrogen-bond acceptors (Lipinski definition) is 3. The molecule has 0 amide bonds. The number of nitrogens with zero attached hydrogens (tertiary/aromatic N) is 2. The maximum Gasteiger partial charge on any atom is 0.191 e. The second kappa shape index (κ2) is 8.59. The van der Waals surface area contributed by atoms with Crippen molar-refractivity contribution < 1.29 is 5.11 Å². The first-order valence-corrected chi connectivity index (χ1v) is 8.25. The minimum atomic E-state index is -0.200. The summed E-state index contributed by atoms with van der Waals surface area (Å²) in [5, 5.41) is 13.5. The van der Waals surface area contributed by atoms with Crippen molar-refractivity contribution in [2.75, 3.05) is 32.7 Å². The Morgan fingerprint density at radius 3 is 2.81 bits per heavy atom. The smallest absolute Gasteiger partial charge is 0.191 e. The van der Waals surface area contributed by atoms with Crippen molar-refractivity contribution in [3.63, 3.8) is 0 Å². The lowest BCUT2D eigenvalue weighted by Crippen LogP contribution is -2.42. The molecule has 1 saturated heterocycles. The van der Waals surface area contributed by atoms with Crippen LogP contribution in [-0.2, 0) is 0 Å². The van der Waals surface area contributed by atoms with Gasteiger partial charge in [0.05, 0.1) is 6.10 Å². The molecule has 4 N–H and O–H groups in total. The molecule has 1 aliphatic rings. The molecule has 124 valence electrons. The lowest BCUT2D eigenvalue weighted by molar-refractivity contribution is 0.128. The highest BCUT2D eigenvalue weighted by Gasteiger charge is 2.22. The Morgan fingerprint density at radius 1 is 1.48 bits per heavy atom. The Labute approximate surface area is 130 Å². The van der Waals surface area contributed by atoms with Gasteiger partial charge in [-0.05, 0) is 30.7 Å². The maximum absolute atomic E-state index is 10.0. The minimum absolute atomic E-state index is 0.158. The van der Waals surface area contributed by atoms with Gasteiger partial charge in [-0.25, -0.2) is 0 Å². The third-order valence-corrected chi connectivity index (χ3v) is 3.74. The van der Waals surface area contributed by atoms with Crippen LogP contribution in [0.2, 0.25) is 0 Å². The van der Waals surface area contributed by atoms with Crippen LogP contribution in [0, 0.1) is 11.3 Å². The second-order valence-corrected chi connectivity index (χ2v) is 7.43. The number of aliphatic hydroxyl groups excluding tert-OH is 1. The number of guanidine groups is 1. The van der Waals surface area contributed by atoms with E-state index in [2.05, 4.69) is 42.9 Å². The summed E-state index contributed by atoms with van der Waals surface area (Å²) in [6.45, 7) is 13.0. The summed E-state index contributed by atoms with van der Waals surface area (Å²) in [6.07, 6.45) is 2.54. The van der Waals surface area contributed by atoms with Gasteiger partial charge in [0, 0.05) is 26.2 Å². The van der Waals surface area contributed by atoms with E-state index in [1.165, 1.54) is 0 Å². The summed E-state index contributed by atoms with van der Waals surface area (Å²) in [4.78, 5) is 6.70. The van der Waals surface area contributed by atoms with Gasteiger partial charge in [-0.15, -0.1) is 0 Å². The molecule has 0 aliphatic carbocycles. The van der Waals surface area contributed by atoms with E-state index >= 15 is 0 Å². The van der Waals surface area contributed by atoms with Gasteiger partial charge in [0.1, 0.15) is 0 Å². The summed E-state index contributed by atoms with van der Waals surface area (Å²) < 4.78 is 0. The van der Waals surface area contributed by atoms with E-state index in [0.29, 0.717) is 11.9 Å². The van der Waals surface area contributed by atoms with Crippen molar-refractivity contribution in [3.05, 3.63) is 0 Å². The zero-order valence-corrected chi connectivity index (χ0v) is 14.2. The highest BCUT2D eigenvalue weighted by molar-refractivity contribution is 5.78. The van der Waals surface area contributed by atoms with Gasteiger partial charge in [-0.2, -0.15) is 0 Å². The molecule has 1 rings (SSSR count). The molecule has 0 spiro atoms. The Bertz CT molecular complexity index is 325. The highest BCUT2D eigenvalue weighted by atomic mass is 16.3. The molecule has 5 nitrogen and oxygen atoms in total. The van der Waals surface area contributed by atoms with Crippen molar-refractivity contribution in [1.82, 2.24) is 10.2 Å². The first-order chi connectivity index (χ1) is 9.81. The van der Waals surface area contributed by atoms with Gasteiger partial charge in [0.25, 0.3) is 0 Å². The molecule has 0 aromatic rings. The van der Waals surface area contributed by atoms with E-state index in [-0.39, 0.29) is 11.5 Å². The normalized spacial score (nSPS) is 23.0. The van der Waals surface area contributed by atoms with Gasteiger partial charge in [-0.1, -0.05) is 34.1 Å². The predicted molar refractivity (Wildman–Crippen MR) is 89.4 cm³/mol. The fourth-order valence-corrected chi connectivity index (χ4v) is 2.61. The molecule has 2 atom stereocenters. The van der Waals surface area contributed by atoms with Crippen molar-refractivity contribution in [2.24, 2.45) is 22.1 Å². The Balaban J connectivity index is 2.57. The van der Waals surface area contributed by atoms with Crippen LogP contribution in [0.25, 0.3) is 0 Å². The molecular formula is C16H34N4O. The predicted octanol–water partition coefficient (Wildman–Crippen LogP) is 1.42. The van der Waals surface area contributed by atoms with Crippen LogP contribution in [0.5, 0.6) is 0 Å². The van der Waals surface area contributed by atoms with Crippen molar-refractivity contribution >= 4 is 5.96 Å². The summed E-state index contributed by atoms with van der Waals surface area (Å²) >= 11 is 0. The van der Waals surface area contributed by atoms with E-state index in [0.717, 1.165) is 52.0 Å². The van der Waals surface area contributed by atoms with Crippen LogP contribution in [-0.4, -0.2) is 54.8 Å². The monoisotopic (exact) mass is 298 g/mol. The number of aliphatic imine (C=N–C) groups is 1. The van der Waals surface area contributed by atoms with Crippen LogP contribution in [0.1, 0.15) is 47.0 Å². The Kier molecular flexibility index (Phi) is 7.46. The van der Waals surface area contributed by atoms with Crippen LogP contribution < -0.4 is 11.1 Å². The van der Waals surface area contributed by atoms with Gasteiger partial charge < -0.3 is 21.1 Å². The summed E-state index contributed by atoms with van der Waals surface area (Å²) in [5.74, 6) is 1.07. The molecule has 1 fully saturated rings. The molecule has 0 bridgehead atoms. The van der Waals surface area contributed by atoms with E-state index in [4.69, 9.17) is 5.73 Å². The van der Waals surface area contributed by atoms with Crippen LogP contribution in [0.15, 0.2) is 4.99 Å². The van der Waals surface area contributed by atoms with Crippen molar-refractivity contribution in [1.29, 1.82) is 0 Å². The minimum Gasteiger partial charge on any atom is -0.393 e. The Morgan fingerprint density at radius 2 is 2.19 bits per heavy atom. The largest absolute Gasteiger partial charge is 0.393 e. The van der Waals surface area contributed by atoms with Crippen molar-refractivity contribution in [3.8, 4) is 0 Å². The summed E-state index contributed by atoms with van der Waals surface area (Å²) in [6, 6.07) is 0. The molecule has 21 heavy (non-hydrogen) atoms. The molecule has 5 heteroatoms. The summed E-state index contributed by atoms with van der Waals surface area (Å²) in [5.41, 5.74) is 6.32.